The van der Waals surface area contributed by atoms with Crippen LogP contribution in [-0.2, 0) is 0 Å². The predicted molar refractivity (Wildman–Crippen MR) is 246 cm³/mol. The molecule has 0 aliphatic heterocycles. The van der Waals surface area contributed by atoms with Crippen LogP contribution >= 0.6 is 0 Å². The zero-order valence-corrected chi connectivity index (χ0v) is 32.4. The van der Waals surface area contributed by atoms with E-state index < -0.39 is 0 Å². The van der Waals surface area contributed by atoms with Crippen molar-refractivity contribution >= 4 is 60.5 Å². The number of nitrogens with zero attached hydrogens (tertiary/aromatic N) is 1. The Bertz CT molecular complexity index is 3120. The number of hydrogen-bond acceptors (Lipinski definition) is 2. The molecular formula is C56H43NO. The van der Waals surface area contributed by atoms with Crippen LogP contribution in [0.5, 0.6) is 0 Å². The number of fused-ring (bicyclic) bond motifs is 5. The molecule has 2 heteroatoms. The van der Waals surface area contributed by atoms with Crippen LogP contribution in [0.3, 0.4) is 0 Å². The van der Waals surface area contributed by atoms with E-state index in [2.05, 4.69) is 193 Å². The average Bonchev–Trinajstić information content (AvgIpc) is 3.68. The van der Waals surface area contributed by atoms with Gasteiger partial charge in [-0.15, -0.1) is 0 Å². The lowest BCUT2D eigenvalue weighted by Gasteiger charge is -2.30. The molecule has 1 fully saturated rings. The summed E-state index contributed by atoms with van der Waals surface area (Å²) in [5, 5.41) is 7.47. The number of hydrogen-bond donors (Lipinski definition) is 0. The summed E-state index contributed by atoms with van der Waals surface area (Å²) in [5.74, 6) is 0.581. The van der Waals surface area contributed by atoms with E-state index in [0.29, 0.717) is 5.92 Å². The minimum Gasteiger partial charge on any atom is -0.456 e. The number of anilines is 3. The van der Waals surface area contributed by atoms with E-state index in [9.17, 15) is 0 Å². The van der Waals surface area contributed by atoms with Gasteiger partial charge in [0.15, 0.2) is 0 Å². The Labute approximate surface area is 339 Å². The summed E-state index contributed by atoms with van der Waals surface area (Å²) in [6.45, 7) is 0. The highest BCUT2D eigenvalue weighted by Gasteiger charge is 2.23. The first kappa shape index (κ1) is 34.4. The van der Waals surface area contributed by atoms with Crippen molar-refractivity contribution in [3.05, 3.63) is 200 Å². The highest BCUT2D eigenvalue weighted by Crippen LogP contribution is 2.47. The molecule has 1 saturated carbocycles. The molecule has 10 aromatic rings. The topological polar surface area (TPSA) is 16.4 Å². The summed E-state index contributed by atoms with van der Waals surface area (Å²) >= 11 is 0. The second-order valence-corrected chi connectivity index (χ2v) is 15.8. The Morgan fingerprint density at radius 1 is 0.397 bits per heavy atom. The maximum Gasteiger partial charge on any atom is 0.136 e. The van der Waals surface area contributed by atoms with Gasteiger partial charge in [-0.05, 0) is 116 Å². The summed E-state index contributed by atoms with van der Waals surface area (Å²) < 4.78 is 6.36. The number of rotatable bonds is 7. The average molecular weight is 746 g/mol. The molecule has 0 atom stereocenters. The quantitative estimate of drug-likeness (QED) is 0.162. The van der Waals surface area contributed by atoms with Crippen LogP contribution in [-0.4, -0.2) is 0 Å². The fraction of sp³-hybridized carbons (Fsp3) is 0.107. The first-order chi connectivity index (χ1) is 28.8. The third-order valence-corrected chi connectivity index (χ3v) is 12.4. The van der Waals surface area contributed by atoms with Crippen molar-refractivity contribution in [2.24, 2.45) is 0 Å². The van der Waals surface area contributed by atoms with Crippen LogP contribution in [0.2, 0.25) is 0 Å². The molecule has 2 nitrogen and oxygen atoms in total. The van der Waals surface area contributed by atoms with Gasteiger partial charge < -0.3 is 9.32 Å². The Morgan fingerprint density at radius 2 is 0.966 bits per heavy atom. The van der Waals surface area contributed by atoms with Crippen molar-refractivity contribution in [1.29, 1.82) is 0 Å². The van der Waals surface area contributed by atoms with Crippen molar-refractivity contribution in [3.63, 3.8) is 0 Å². The summed E-state index contributed by atoms with van der Waals surface area (Å²) in [6, 6.07) is 71.1. The molecule has 9 aromatic carbocycles. The van der Waals surface area contributed by atoms with Gasteiger partial charge in [-0.3, -0.25) is 0 Å². The van der Waals surface area contributed by atoms with Gasteiger partial charge >= 0.3 is 0 Å². The normalized spacial score (nSPS) is 13.4. The Balaban J connectivity index is 1.14. The molecule has 0 N–H and O–H groups in total. The maximum atomic E-state index is 6.36. The second kappa shape index (κ2) is 14.6. The molecule has 278 valence electrons. The lowest BCUT2D eigenvalue weighted by molar-refractivity contribution is 0.445. The van der Waals surface area contributed by atoms with Crippen LogP contribution in [0.4, 0.5) is 17.1 Å². The Morgan fingerprint density at radius 3 is 1.79 bits per heavy atom. The van der Waals surface area contributed by atoms with Crippen LogP contribution in [0.25, 0.3) is 76.9 Å². The van der Waals surface area contributed by atoms with E-state index in [4.69, 9.17) is 4.42 Å². The van der Waals surface area contributed by atoms with Gasteiger partial charge in [0.1, 0.15) is 11.2 Å². The van der Waals surface area contributed by atoms with Gasteiger partial charge in [-0.25, -0.2) is 0 Å². The lowest BCUT2D eigenvalue weighted by atomic mass is 9.80. The third kappa shape index (κ3) is 5.96. The van der Waals surface area contributed by atoms with Crippen molar-refractivity contribution < 1.29 is 4.42 Å². The molecule has 0 unspecified atom stereocenters. The molecule has 0 amide bonds. The smallest absolute Gasteiger partial charge is 0.136 e. The molecule has 1 aliphatic rings. The van der Waals surface area contributed by atoms with Crippen LogP contribution in [0.1, 0.15) is 43.6 Å². The van der Waals surface area contributed by atoms with E-state index in [0.717, 1.165) is 50.1 Å². The van der Waals surface area contributed by atoms with Crippen molar-refractivity contribution in [3.8, 4) is 33.4 Å². The zero-order valence-electron chi connectivity index (χ0n) is 32.4. The first-order valence-corrected chi connectivity index (χ1v) is 20.8. The molecule has 0 spiro atoms. The molecule has 1 aliphatic carbocycles. The third-order valence-electron chi connectivity index (χ3n) is 12.4. The monoisotopic (exact) mass is 745 g/mol. The molecular weight excluding hydrogens is 703 g/mol. The Hall–Kier alpha value is -6.90. The fourth-order valence-corrected chi connectivity index (χ4v) is 9.79. The minimum atomic E-state index is 0.581. The summed E-state index contributed by atoms with van der Waals surface area (Å²) in [7, 11) is 0. The second-order valence-electron chi connectivity index (χ2n) is 15.8. The summed E-state index contributed by atoms with van der Waals surface area (Å²) in [5.41, 5.74) is 13.9. The molecule has 0 saturated heterocycles. The van der Waals surface area contributed by atoms with Gasteiger partial charge in [0.25, 0.3) is 0 Å². The van der Waals surface area contributed by atoms with E-state index >= 15 is 0 Å². The van der Waals surface area contributed by atoms with Gasteiger partial charge in [0.05, 0.1) is 5.69 Å². The summed E-state index contributed by atoms with van der Waals surface area (Å²) in [4.78, 5) is 2.48. The first-order valence-electron chi connectivity index (χ1n) is 20.8. The van der Waals surface area contributed by atoms with E-state index in [1.54, 1.807) is 0 Å². The Kier molecular flexibility index (Phi) is 8.62. The molecule has 58 heavy (non-hydrogen) atoms. The highest BCUT2D eigenvalue weighted by atomic mass is 16.3. The molecule has 0 radical (unpaired) electrons. The van der Waals surface area contributed by atoms with E-state index in [1.165, 1.54) is 81.5 Å². The molecule has 1 heterocycles. The minimum absolute atomic E-state index is 0.581. The van der Waals surface area contributed by atoms with Crippen molar-refractivity contribution in [2.75, 3.05) is 4.90 Å². The number of para-hydroxylation sites is 2. The standard InChI is InChI=1S/C56H43NO/c1-2-16-39(17-3-1)47-30-13-20-40-21-14-32-50(55(40)47)49-27-6-8-33-52(49)57(43-24-10-22-41(36-43)46-29-12-19-38-18-4-5-26-45(38)46)44-25-11-23-42(37-44)48-31-15-35-54-56(48)51-28-7-9-34-53(51)58-54/h4-15,18-37,39H,1-3,16-17H2. The van der Waals surface area contributed by atoms with E-state index in [-0.39, 0.29) is 0 Å². The lowest BCUT2D eigenvalue weighted by Crippen LogP contribution is -2.12. The molecule has 11 rings (SSSR count). The highest BCUT2D eigenvalue weighted by molar-refractivity contribution is 6.12. The maximum absolute atomic E-state index is 6.36. The molecule has 0 bridgehead atoms. The van der Waals surface area contributed by atoms with E-state index in [1.807, 2.05) is 6.07 Å². The van der Waals surface area contributed by atoms with Crippen molar-refractivity contribution in [2.45, 2.75) is 38.0 Å². The largest absolute Gasteiger partial charge is 0.456 e. The molecule has 1 aromatic heterocycles. The van der Waals surface area contributed by atoms with Gasteiger partial charge in [0, 0.05) is 27.7 Å². The number of benzene rings is 9. The van der Waals surface area contributed by atoms with Gasteiger partial charge in [-0.1, -0.05) is 171 Å². The fourth-order valence-electron chi connectivity index (χ4n) is 9.79. The van der Waals surface area contributed by atoms with Crippen LogP contribution < -0.4 is 4.90 Å². The van der Waals surface area contributed by atoms with Crippen LogP contribution in [0, 0.1) is 0 Å². The predicted octanol–water partition coefficient (Wildman–Crippen LogP) is 16.4. The zero-order chi connectivity index (χ0) is 38.4. The van der Waals surface area contributed by atoms with Gasteiger partial charge in [-0.2, -0.15) is 0 Å². The summed E-state index contributed by atoms with van der Waals surface area (Å²) in [6.07, 6.45) is 6.47. The SMILES string of the molecule is c1cc(-c2cccc3ccccc23)cc(N(c2cccc(-c3cccc4oc5ccccc5c34)c2)c2ccccc2-c2cccc3cccc(C4CCCCC4)c23)c1. The van der Waals surface area contributed by atoms with Gasteiger partial charge in [0.2, 0.25) is 0 Å². The number of furan rings is 1. The van der Waals surface area contributed by atoms with Crippen LogP contribution in [0.15, 0.2) is 199 Å². The van der Waals surface area contributed by atoms with Crippen molar-refractivity contribution in [1.82, 2.24) is 0 Å².